The van der Waals surface area contributed by atoms with Crippen LogP contribution in [0.5, 0.6) is 0 Å². The molecule has 2 unspecified atom stereocenters. The topological polar surface area (TPSA) is 60.2 Å². The van der Waals surface area contributed by atoms with Gasteiger partial charge >= 0.3 is 0 Å². The lowest BCUT2D eigenvalue weighted by molar-refractivity contribution is 0.0902. The van der Waals surface area contributed by atoms with Crippen LogP contribution >= 0.6 is 0 Å². The largest absolute Gasteiger partial charge is 0.373 e. The summed E-state index contributed by atoms with van der Waals surface area (Å²) >= 11 is 0. The van der Waals surface area contributed by atoms with Crippen LogP contribution in [0.1, 0.15) is 63.9 Å². The molecule has 1 aromatic heterocycles. The molecule has 18 heavy (non-hydrogen) atoms. The highest BCUT2D eigenvalue weighted by atomic mass is 16.5. The summed E-state index contributed by atoms with van der Waals surface area (Å²) in [5.74, 6) is 1.34. The van der Waals surface area contributed by atoms with E-state index >= 15 is 0 Å². The van der Waals surface area contributed by atoms with Gasteiger partial charge in [0, 0.05) is 7.11 Å². The van der Waals surface area contributed by atoms with Crippen molar-refractivity contribution in [2.24, 2.45) is 5.41 Å². The van der Waals surface area contributed by atoms with Crippen LogP contribution in [-0.4, -0.2) is 23.8 Å². The molecule has 0 radical (unpaired) electrons. The SMILES string of the molecule is CCC(OC)c1noc(C2NCCCC2(C)C)n1. The van der Waals surface area contributed by atoms with Crippen LogP contribution in [0.4, 0.5) is 0 Å². The fraction of sp³-hybridized carbons (Fsp3) is 0.846. The van der Waals surface area contributed by atoms with E-state index in [2.05, 4.69) is 29.3 Å². The Morgan fingerprint density at radius 1 is 1.56 bits per heavy atom. The zero-order valence-electron chi connectivity index (χ0n) is 11.7. The third kappa shape index (κ3) is 2.57. The van der Waals surface area contributed by atoms with E-state index in [4.69, 9.17) is 9.26 Å². The summed E-state index contributed by atoms with van der Waals surface area (Å²) in [6.07, 6.45) is 3.13. The number of aromatic nitrogens is 2. The Balaban J connectivity index is 2.18. The Labute approximate surface area is 108 Å². The molecule has 2 rings (SSSR count). The second kappa shape index (κ2) is 5.36. The lowest BCUT2D eigenvalue weighted by Gasteiger charge is -2.36. The van der Waals surface area contributed by atoms with Gasteiger partial charge < -0.3 is 14.6 Å². The second-order valence-corrected chi connectivity index (χ2v) is 5.60. The van der Waals surface area contributed by atoms with Crippen LogP contribution in [-0.2, 0) is 4.74 Å². The van der Waals surface area contributed by atoms with Crippen LogP contribution in [0, 0.1) is 5.41 Å². The van der Waals surface area contributed by atoms with Crippen LogP contribution in [0.3, 0.4) is 0 Å². The zero-order valence-corrected chi connectivity index (χ0v) is 11.7. The number of ether oxygens (including phenoxy) is 1. The third-order valence-corrected chi connectivity index (χ3v) is 3.78. The molecule has 0 bridgehead atoms. The van der Waals surface area contributed by atoms with Crippen molar-refractivity contribution < 1.29 is 9.26 Å². The predicted molar refractivity (Wildman–Crippen MR) is 68.1 cm³/mol. The highest BCUT2D eigenvalue weighted by molar-refractivity contribution is 5.02. The molecule has 102 valence electrons. The lowest BCUT2D eigenvalue weighted by Crippen LogP contribution is -2.39. The van der Waals surface area contributed by atoms with E-state index in [0.717, 1.165) is 13.0 Å². The van der Waals surface area contributed by atoms with Gasteiger partial charge in [0.15, 0.2) is 0 Å². The first kappa shape index (κ1) is 13.5. The molecule has 1 N–H and O–H groups in total. The molecule has 5 nitrogen and oxygen atoms in total. The molecule has 0 aliphatic carbocycles. The average molecular weight is 253 g/mol. The number of piperidine rings is 1. The lowest BCUT2D eigenvalue weighted by atomic mass is 9.77. The van der Waals surface area contributed by atoms with Gasteiger partial charge in [0.25, 0.3) is 0 Å². The van der Waals surface area contributed by atoms with Crippen molar-refractivity contribution in [3.05, 3.63) is 11.7 Å². The van der Waals surface area contributed by atoms with Crippen LogP contribution in [0.2, 0.25) is 0 Å². The maximum Gasteiger partial charge on any atom is 0.244 e. The number of hydrogen-bond donors (Lipinski definition) is 1. The van der Waals surface area contributed by atoms with E-state index in [1.54, 1.807) is 7.11 Å². The predicted octanol–water partition coefficient (Wildman–Crippen LogP) is 2.62. The number of nitrogens with one attached hydrogen (secondary N) is 1. The van der Waals surface area contributed by atoms with Crippen molar-refractivity contribution in [3.8, 4) is 0 Å². The fourth-order valence-corrected chi connectivity index (χ4v) is 2.58. The molecular formula is C13H23N3O2. The Morgan fingerprint density at radius 3 is 2.94 bits per heavy atom. The standard InChI is InChI=1S/C13H23N3O2/c1-5-9(17-4)11-15-12(18-16-11)10-13(2,3)7-6-8-14-10/h9-10,14H,5-8H2,1-4H3. The van der Waals surface area contributed by atoms with Gasteiger partial charge in [-0.25, -0.2) is 0 Å². The molecule has 1 fully saturated rings. The number of hydrogen-bond acceptors (Lipinski definition) is 5. The van der Waals surface area contributed by atoms with E-state index < -0.39 is 0 Å². The minimum Gasteiger partial charge on any atom is -0.373 e. The van der Waals surface area contributed by atoms with Crippen molar-refractivity contribution in [1.82, 2.24) is 15.5 Å². The molecule has 0 saturated carbocycles. The number of nitrogens with zero attached hydrogens (tertiary/aromatic N) is 2. The normalized spacial score (nSPS) is 25.0. The van der Waals surface area contributed by atoms with E-state index in [1.807, 2.05) is 6.92 Å². The van der Waals surface area contributed by atoms with Gasteiger partial charge in [-0.15, -0.1) is 0 Å². The maximum atomic E-state index is 5.42. The molecule has 1 saturated heterocycles. The molecule has 5 heteroatoms. The van der Waals surface area contributed by atoms with Crippen LogP contribution in [0.15, 0.2) is 4.52 Å². The van der Waals surface area contributed by atoms with Crippen molar-refractivity contribution in [2.75, 3.05) is 13.7 Å². The van der Waals surface area contributed by atoms with E-state index in [9.17, 15) is 0 Å². The maximum absolute atomic E-state index is 5.42. The molecule has 0 aromatic carbocycles. The molecule has 2 atom stereocenters. The Hall–Kier alpha value is -0.940. The van der Waals surface area contributed by atoms with Gasteiger partial charge in [0.05, 0.1) is 6.04 Å². The Morgan fingerprint density at radius 2 is 2.33 bits per heavy atom. The summed E-state index contributed by atoms with van der Waals surface area (Å²) in [7, 11) is 1.67. The minimum absolute atomic E-state index is 0.0748. The molecule has 1 aromatic rings. The summed E-state index contributed by atoms with van der Waals surface area (Å²) in [6, 6.07) is 0.141. The van der Waals surface area contributed by atoms with Crippen molar-refractivity contribution in [3.63, 3.8) is 0 Å². The highest BCUT2D eigenvalue weighted by Crippen LogP contribution is 2.39. The average Bonchev–Trinajstić information content (AvgIpc) is 2.79. The van der Waals surface area contributed by atoms with Crippen LogP contribution in [0.25, 0.3) is 0 Å². The fourth-order valence-electron chi connectivity index (χ4n) is 2.58. The number of rotatable bonds is 4. The van der Waals surface area contributed by atoms with E-state index in [1.165, 1.54) is 12.8 Å². The Kier molecular flexibility index (Phi) is 4.02. The summed E-state index contributed by atoms with van der Waals surface area (Å²) in [5, 5.41) is 7.52. The van der Waals surface area contributed by atoms with E-state index in [0.29, 0.717) is 11.7 Å². The second-order valence-electron chi connectivity index (χ2n) is 5.60. The van der Waals surface area contributed by atoms with Gasteiger partial charge in [0.2, 0.25) is 11.7 Å². The molecule has 0 amide bonds. The quantitative estimate of drug-likeness (QED) is 0.893. The van der Waals surface area contributed by atoms with Crippen molar-refractivity contribution >= 4 is 0 Å². The minimum atomic E-state index is -0.0748. The van der Waals surface area contributed by atoms with Crippen molar-refractivity contribution in [1.29, 1.82) is 0 Å². The summed E-state index contributed by atoms with van der Waals surface area (Å²) in [4.78, 5) is 4.51. The first-order valence-electron chi connectivity index (χ1n) is 6.68. The zero-order chi connectivity index (χ0) is 13.2. The van der Waals surface area contributed by atoms with Gasteiger partial charge in [-0.1, -0.05) is 25.9 Å². The highest BCUT2D eigenvalue weighted by Gasteiger charge is 2.37. The smallest absolute Gasteiger partial charge is 0.244 e. The van der Waals surface area contributed by atoms with Crippen molar-refractivity contribution in [2.45, 2.75) is 52.2 Å². The van der Waals surface area contributed by atoms with Gasteiger partial charge in [0.1, 0.15) is 6.10 Å². The summed E-state index contributed by atoms with van der Waals surface area (Å²) in [5.41, 5.74) is 0.150. The Bertz CT molecular complexity index is 385. The van der Waals surface area contributed by atoms with Gasteiger partial charge in [-0.2, -0.15) is 4.98 Å². The summed E-state index contributed by atoms with van der Waals surface area (Å²) < 4.78 is 10.8. The molecule has 1 aliphatic rings. The first-order valence-corrected chi connectivity index (χ1v) is 6.68. The van der Waals surface area contributed by atoms with Crippen LogP contribution < -0.4 is 5.32 Å². The molecule has 0 spiro atoms. The number of methoxy groups -OCH3 is 1. The molecular weight excluding hydrogens is 230 g/mol. The first-order chi connectivity index (χ1) is 8.58. The van der Waals surface area contributed by atoms with Gasteiger partial charge in [-0.3, -0.25) is 0 Å². The molecule has 2 heterocycles. The monoisotopic (exact) mass is 253 g/mol. The molecule has 1 aliphatic heterocycles. The summed E-state index contributed by atoms with van der Waals surface area (Å²) in [6.45, 7) is 7.53. The van der Waals surface area contributed by atoms with E-state index in [-0.39, 0.29) is 17.6 Å². The van der Waals surface area contributed by atoms with Gasteiger partial charge in [-0.05, 0) is 31.2 Å². The third-order valence-electron chi connectivity index (χ3n) is 3.78.